The number of aromatic amines is 1. The molecule has 45 heavy (non-hydrogen) atoms. The van der Waals surface area contributed by atoms with E-state index in [0.717, 1.165) is 17.2 Å². The lowest BCUT2D eigenvalue weighted by atomic mass is 10.1. The largest absolute Gasteiger partial charge is 0.391 e. The molecule has 3 saturated heterocycles. The number of halogens is 2. The molecule has 1 unspecified atom stereocenters. The lowest BCUT2D eigenvalue weighted by molar-refractivity contribution is -0.128. The van der Waals surface area contributed by atoms with Crippen molar-refractivity contribution in [2.45, 2.75) is 49.4 Å². The molecular weight excluding hydrogens is 688 g/mol. The molecule has 3 aliphatic heterocycles. The number of ether oxygens (including phenoxy) is 2. The van der Waals surface area contributed by atoms with Crippen LogP contribution in [0.3, 0.4) is 0 Å². The van der Waals surface area contributed by atoms with Gasteiger partial charge in [-0.1, -0.05) is 0 Å². The SMILES string of the molecule is CS[P@]1(=O)O[C@H]2O[C@@H](n3cnc4c(N)ncnc43)[C@H](F)[C@@H]2OP(O)(=S)OC[C@H]2O[C@@H](n3cnc4c(=O)[nH]c(N)nc43)[C@H](O1)[C@@H]2F. The number of rotatable bonds is 3. The smallest absolute Gasteiger partial charge is 0.382 e. The molecule has 7 rings (SSSR count). The highest BCUT2D eigenvalue weighted by molar-refractivity contribution is 8.54. The van der Waals surface area contributed by atoms with Gasteiger partial charge in [-0.25, -0.2) is 33.3 Å². The normalized spacial score (nSPS) is 37.4. The summed E-state index contributed by atoms with van der Waals surface area (Å²) in [5.41, 5.74) is 10.9. The Bertz CT molecular complexity index is 1950. The number of fused-ring (bicyclic) bond motifs is 5. The summed E-state index contributed by atoms with van der Waals surface area (Å²) >= 11 is 5.65. The summed E-state index contributed by atoms with van der Waals surface area (Å²) in [5, 5.41) is 0. The third-order valence-electron chi connectivity index (χ3n) is 7.14. The molecule has 0 radical (unpaired) electrons. The fourth-order valence-electron chi connectivity index (χ4n) is 5.10. The number of imidazole rings is 2. The van der Waals surface area contributed by atoms with E-state index in [4.69, 9.17) is 50.8 Å². The van der Waals surface area contributed by atoms with Crippen molar-refractivity contribution in [2.75, 3.05) is 24.3 Å². The molecule has 0 aliphatic carbocycles. The Morgan fingerprint density at radius 1 is 1.02 bits per heavy atom. The van der Waals surface area contributed by atoms with Crippen molar-refractivity contribution in [1.29, 1.82) is 0 Å². The van der Waals surface area contributed by atoms with Crippen molar-refractivity contribution in [1.82, 2.24) is 39.0 Å². The van der Waals surface area contributed by atoms with E-state index in [9.17, 15) is 14.3 Å². The van der Waals surface area contributed by atoms with Crippen LogP contribution in [0.25, 0.3) is 22.3 Å². The van der Waals surface area contributed by atoms with Gasteiger partial charge < -0.3 is 30.4 Å². The van der Waals surface area contributed by atoms with Crippen molar-refractivity contribution >= 4 is 70.8 Å². The molecule has 4 aromatic rings. The van der Waals surface area contributed by atoms with Crippen LogP contribution in [0.4, 0.5) is 20.5 Å². The summed E-state index contributed by atoms with van der Waals surface area (Å²) in [5.74, 6) is -0.241. The second-order valence-corrected chi connectivity index (χ2v) is 16.8. The zero-order chi connectivity index (χ0) is 31.8. The first-order valence-corrected chi connectivity index (χ1v) is 18.8. The molecule has 19 nitrogen and oxygen atoms in total. The molecule has 25 heteroatoms. The predicted molar refractivity (Wildman–Crippen MR) is 154 cm³/mol. The number of H-pyrrole nitrogens is 1. The van der Waals surface area contributed by atoms with E-state index in [1.54, 1.807) is 0 Å². The minimum atomic E-state index is -4.48. The van der Waals surface area contributed by atoms with Crippen molar-refractivity contribution in [3.05, 3.63) is 29.3 Å². The van der Waals surface area contributed by atoms with Crippen LogP contribution in [0.5, 0.6) is 0 Å². The Balaban J connectivity index is 1.27. The van der Waals surface area contributed by atoms with Crippen LogP contribution in [0.2, 0.25) is 0 Å². The number of nitrogens with one attached hydrogen (secondary N) is 1. The topological polar surface area (TPSA) is 252 Å². The van der Waals surface area contributed by atoms with Gasteiger partial charge in [0.15, 0.2) is 59.8 Å². The van der Waals surface area contributed by atoms with Gasteiger partial charge in [0.1, 0.15) is 24.1 Å². The molecule has 4 aromatic heterocycles. The Kier molecular flexibility index (Phi) is 7.72. The number of anilines is 2. The fraction of sp³-hybridized carbons (Fsp3) is 0.500. The second kappa shape index (κ2) is 11.2. The minimum absolute atomic E-state index is 0.0199. The Hall–Kier alpha value is -2.69. The van der Waals surface area contributed by atoms with Crippen LogP contribution >= 0.6 is 24.9 Å². The Morgan fingerprint density at radius 3 is 2.51 bits per heavy atom. The molecule has 0 amide bonds. The summed E-state index contributed by atoms with van der Waals surface area (Å²) in [4.78, 5) is 45.6. The Morgan fingerprint density at radius 2 is 1.76 bits per heavy atom. The highest BCUT2D eigenvalue weighted by Crippen LogP contribution is 2.65. The predicted octanol–water partition coefficient (Wildman–Crippen LogP) is 1.06. The van der Waals surface area contributed by atoms with E-state index in [1.165, 1.54) is 17.2 Å². The van der Waals surface area contributed by atoms with E-state index in [-0.39, 0.29) is 34.1 Å². The van der Waals surface area contributed by atoms with Crippen LogP contribution in [0, 0.1) is 0 Å². The van der Waals surface area contributed by atoms with E-state index in [1.807, 2.05) is 0 Å². The van der Waals surface area contributed by atoms with Crippen molar-refractivity contribution < 1.29 is 45.8 Å². The van der Waals surface area contributed by atoms with Gasteiger partial charge in [0.25, 0.3) is 5.56 Å². The summed E-state index contributed by atoms with van der Waals surface area (Å²) in [6, 6.07) is 0. The second-order valence-electron chi connectivity index (χ2n) is 9.85. The maximum Gasteiger partial charge on any atom is 0.391 e. The maximum absolute atomic E-state index is 16.1. The van der Waals surface area contributed by atoms with Crippen LogP contribution in [0.1, 0.15) is 12.5 Å². The molecule has 6 N–H and O–H groups in total. The molecule has 7 heterocycles. The van der Waals surface area contributed by atoms with Gasteiger partial charge in [-0.2, -0.15) is 4.98 Å². The quantitative estimate of drug-likeness (QED) is 0.217. The van der Waals surface area contributed by atoms with Gasteiger partial charge in [0.2, 0.25) is 5.95 Å². The summed E-state index contributed by atoms with van der Waals surface area (Å²) < 4.78 is 82.4. The summed E-state index contributed by atoms with van der Waals surface area (Å²) in [7, 11) is 0. The van der Waals surface area contributed by atoms with Crippen molar-refractivity contribution in [2.24, 2.45) is 0 Å². The lowest BCUT2D eigenvalue weighted by Gasteiger charge is -2.29. The molecular formula is C20H22F2N10O9P2S2. The molecule has 2 bridgehead atoms. The third-order valence-corrected chi connectivity index (χ3v) is 12.0. The van der Waals surface area contributed by atoms with Crippen LogP contribution in [-0.4, -0.2) is 93.7 Å². The van der Waals surface area contributed by atoms with Crippen LogP contribution in [-0.2, 0) is 43.9 Å². The maximum atomic E-state index is 16.1. The molecule has 0 spiro atoms. The zero-order valence-electron chi connectivity index (χ0n) is 22.5. The number of aromatic nitrogens is 8. The van der Waals surface area contributed by atoms with E-state index in [2.05, 4.69) is 29.9 Å². The van der Waals surface area contributed by atoms with E-state index >= 15 is 8.78 Å². The van der Waals surface area contributed by atoms with Crippen molar-refractivity contribution in [3.63, 3.8) is 0 Å². The third kappa shape index (κ3) is 5.34. The van der Waals surface area contributed by atoms with Crippen molar-refractivity contribution in [3.8, 4) is 0 Å². The van der Waals surface area contributed by atoms with Gasteiger partial charge in [0, 0.05) is 0 Å². The van der Waals surface area contributed by atoms with Gasteiger partial charge in [0.05, 0.1) is 19.3 Å². The number of hydrogen-bond acceptors (Lipinski definition) is 17. The van der Waals surface area contributed by atoms with Gasteiger partial charge >= 0.3 is 13.5 Å². The number of hydrogen-bond donors (Lipinski definition) is 4. The molecule has 242 valence electrons. The average molecular weight is 711 g/mol. The Labute approximate surface area is 258 Å². The molecule has 0 aromatic carbocycles. The first-order chi connectivity index (χ1) is 21.4. The van der Waals surface area contributed by atoms with Gasteiger partial charge in [-0.3, -0.25) is 32.5 Å². The zero-order valence-corrected chi connectivity index (χ0v) is 25.9. The molecule has 10 atom stereocenters. The molecule has 3 aliphatic rings. The van der Waals surface area contributed by atoms with Crippen LogP contribution in [0.15, 0.2) is 23.8 Å². The van der Waals surface area contributed by atoms with Crippen LogP contribution < -0.4 is 17.0 Å². The number of nitrogens with zero attached hydrogens (tertiary/aromatic N) is 7. The first kappa shape index (κ1) is 30.9. The molecule has 3 fully saturated rings. The van der Waals surface area contributed by atoms with E-state index < -0.39 is 75.1 Å². The van der Waals surface area contributed by atoms with E-state index in [0.29, 0.717) is 11.4 Å². The minimum Gasteiger partial charge on any atom is -0.382 e. The molecule has 0 saturated carbocycles. The highest BCUT2D eigenvalue weighted by Gasteiger charge is 2.56. The average Bonchev–Trinajstić information content (AvgIpc) is 3.74. The monoisotopic (exact) mass is 710 g/mol. The number of nitrogen functional groups attached to an aromatic ring is 2. The number of nitrogens with two attached hydrogens (primary N) is 2. The summed E-state index contributed by atoms with van der Waals surface area (Å²) in [6.45, 7) is -9.54. The number of alkyl halides is 2. The first-order valence-electron chi connectivity index (χ1n) is 12.8. The highest BCUT2D eigenvalue weighted by atomic mass is 32.7. The summed E-state index contributed by atoms with van der Waals surface area (Å²) in [6.07, 6.45) is -9.30. The lowest BCUT2D eigenvalue weighted by Crippen LogP contribution is -2.36. The van der Waals surface area contributed by atoms with Gasteiger partial charge in [-0.15, -0.1) is 0 Å². The standard InChI is InChI=1S/C20H22F2N10O9P2S2/c1-45-43(35)40-11-7(21)6(37-18(11)32-5-28-10-15(32)29-20(24)30-16(10)33)2-36-42(34,44)39-12-8(22)17(38-19(12)41-43)31-4-27-9-13(23)25-3-26-14(9)31/h3-8,11-12,17-19H,2H2,1H3,(H,34,44)(H2,23,25,26)(H3,24,29,30,33)/t6-,7-,8-,11-,12+,17-,18-,19-,42?,43+/m1/s1. The van der Waals surface area contributed by atoms with Gasteiger partial charge in [-0.05, 0) is 29.4 Å². The fourth-order valence-corrected chi connectivity index (χ4v) is 8.74.